The average Bonchev–Trinajstić information content (AvgIpc) is 3.00. The summed E-state index contributed by atoms with van der Waals surface area (Å²) in [6.45, 7) is 5.80. The fourth-order valence-electron chi connectivity index (χ4n) is 3.14. The third-order valence-electron chi connectivity index (χ3n) is 4.51. The topological polar surface area (TPSA) is 60.9 Å². The molecule has 0 bridgehead atoms. The van der Waals surface area contributed by atoms with Crippen LogP contribution in [0, 0.1) is 11.3 Å². The van der Waals surface area contributed by atoms with Gasteiger partial charge in [0.15, 0.2) is 0 Å². The number of carboxylic acid groups (broad SMARTS) is 1. The van der Waals surface area contributed by atoms with Gasteiger partial charge >= 0.3 is 12.0 Å². The SMILES string of the molecule is CC1(C)CCN(C(=O)N2C(C(=O)O)CSC2C2CC2)C1. The van der Waals surface area contributed by atoms with E-state index >= 15 is 0 Å². The van der Waals surface area contributed by atoms with E-state index in [2.05, 4.69) is 13.8 Å². The number of carboxylic acids is 1. The number of thioether (sulfide) groups is 1. The van der Waals surface area contributed by atoms with Crippen LogP contribution in [0.2, 0.25) is 0 Å². The summed E-state index contributed by atoms with van der Waals surface area (Å²) < 4.78 is 0. The van der Waals surface area contributed by atoms with Gasteiger partial charge in [-0.25, -0.2) is 9.59 Å². The van der Waals surface area contributed by atoms with Crippen LogP contribution in [-0.4, -0.2) is 57.2 Å². The van der Waals surface area contributed by atoms with Crippen LogP contribution in [0.15, 0.2) is 0 Å². The molecule has 0 aromatic heterocycles. The number of carbonyl (C=O) groups is 2. The molecular formula is C14H22N2O3S. The number of aliphatic carboxylic acids is 1. The second-order valence-electron chi connectivity index (χ2n) is 6.94. The minimum absolute atomic E-state index is 0.0649. The van der Waals surface area contributed by atoms with Crippen molar-refractivity contribution in [1.82, 2.24) is 9.80 Å². The van der Waals surface area contributed by atoms with E-state index in [0.717, 1.165) is 32.4 Å². The Labute approximate surface area is 123 Å². The molecule has 2 amide bonds. The molecule has 3 fully saturated rings. The molecule has 5 nitrogen and oxygen atoms in total. The number of hydrogen-bond donors (Lipinski definition) is 1. The second kappa shape index (κ2) is 4.83. The van der Waals surface area contributed by atoms with Gasteiger partial charge in [0, 0.05) is 18.8 Å². The Morgan fingerprint density at radius 1 is 1.30 bits per heavy atom. The number of urea groups is 1. The van der Waals surface area contributed by atoms with Crippen molar-refractivity contribution in [2.24, 2.45) is 11.3 Å². The van der Waals surface area contributed by atoms with E-state index in [0.29, 0.717) is 11.7 Å². The average molecular weight is 298 g/mol. The van der Waals surface area contributed by atoms with Crippen LogP contribution in [0.25, 0.3) is 0 Å². The summed E-state index contributed by atoms with van der Waals surface area (Å²) in [5.74, 6) is 0.163. The second-order valence-corrected chi connectivity index (χ2v) is 8.09. The summed E-state index contributed by atoms with van der Waals surface area (Å²) in [5, 5.41) is 9.45. The molecule has 1 saturated carbocycles. The highest BCUT2D eigenvalue weighted by Gasteiger charge is 2.50. The van der Waals surface area contributed by atoms with Crippen molar-refractivity contribution in [1.29, 1.82) is 0 Å². The highest BCUT2D eigenvalue weighted by atomic mass is 32.2. The maximum absolute atomic E-state index is 12.8. The van der Waals surface area contributed by atoms with Crippen LogP contribution in [-0.2, 0) is 4.79 Å². The lowest BCUT2D eigenvalue weighted by Crippen LogP contribution is -2.51. The summed E-state index contributed by atoms with van der Waals surface area (Å²) >= 11 is 1.64. The van der Waals surface area contributed by atoms with Crippen molar-refractivity contribution in [3.05, 3.63) is 0 Å². The first-order valence-corrected chi connectivity index (χ1v) is 8.35. The van der Waals surface area contributed by atoms with Gasteiger partial charge in [-0.2, -0.15) is 0 Å². The maximum atomic E-state index is 12.8. The Balaban J connectivity index is 1.77. The molecule has 2 unspecified atom stereocenters. The van der Waals surface area contributed by atoms with E-state index in [4.69, 9.17) is 0 Å². The number of likely N-dealkylation sites (tertiary alicyclic amines) is 1. The van der Waals surface area contributed by atoms with Gasteiger partial charge in [-0.15, -0.1) is 11.8 Å². The van der Waals surface area contributed by atoms with E-state index in [1.54, 1.807) is 16.7 Å². The molecule has 0 aromatic rings. The molecule has 2 atom stereocenters. The Hall–Kier alpha value is -0.910. The number of nitrogens with zero attached hydrogens (tertiary/aromatic N) is 2. The maximum Gasteiger partial charge on any atom is 0.327 e. The third-order valence-corrected chi connectivity index (χ3v) is 5.98. The van der Waals surface area contributed by atoms with Gasteiger partial charge in [0.2, 0.25) is 0 Å². The molecule has 6 heteroatoms. The first-order chi connectivity index (χ1) is 9.39. The van der Waals surface area contributed by atoms with Crippen molar-refractivity contribution in [3.63, 3.8) is 0 Å². The largest absolute Gasteiger partial charge is 0.480 e. The standard InChI is InChI=1S/C14H22N2O3S/c1-14(2)5-6-15(8-14)13(19)16-10(12(17)18)7-20-11(16)9-3-4-9/h9-11H,3-8H2,1-2H3,(H,17,18). The van der Waals surface area contributed by atoms with Crippen molar-refractivity contribution >= 4 is 23.8 Å². The molecule has 1 N–H and O–H groups in total. The third kappa shape index (κ3) is 2.50. The molecule has 112 valence electrons. The molecule has 2 aliphatic heterocycles. The molecule has 2 saturated heterocycles. The Morgan fingerprint density at radius 3 is 2.50 bits per heavy atom. The van der Waals surface area contributed by atoms with E-state index in [1.807, 2.05) is 4.90 Å². The highest BCUT2D eigenvalue weighted by molar-refractivity contribution is 8.00. The lowest BCUT2D eigenvalue weighted by molar-refractivity contribution is -0.141. The molecule has 3 aliphatic rings. The molecule has 20 heavy (non-hydrogen) atoms. The Bertz CT molecular complexity index is 436. The summed E-state index contributed by atoms with van der Waals surface area (Å²) in [6.07, 6.45) is 3.24. The summed E-state index contributed by atoms with van der Waals surface area (Å²) in [4.78, 5) is 27.7. The van der Waals surface area contributed by atoms with Crippen LogP contribution >= 0.6 is 11.8 Å². The van der Waals surface area contributed by atoms with Crippen molar-refractivity contribution in [3.8, 4) is 0 Å². The molecular weight excluding hydrogens is 276 g/mol. The first kappa shape index (κ1) is 14.0. The summed E-state index contributed by atoms with van der Waals surface area (Å²) in [7, 11) is 0. The molecule has 3 rings (SSSR count). The highest BCUT2D eigenvalue weighted by Crippen LogP contribution is 2.46. The van der Waals surface area contributed by atoms with Crippen LogP contribution in [0.3, 0.4) is 0 Å². The summed E-state index contributed by atoms with van der Waals surface area (Å²) in [5.41, 5.74) is 0.149. The number of amides is 2. The molecule has 0 spiro atoms. The quantitative estimate of drug-likeness (QED) is 0.848. The Morgan fingerprint density at radius 2 is 2.00 bits per heavy atom. The van der Waals surface area contributed by atoms with Gasteiger partial charge in [0.1, 0.15) is 6.04 Å². The van der Waals surface area contributed by atoms with Gasteiger partial charge in [0.25, 0.3) is 0 Å². The smallest absolute Gasteiger partial charge is 0.327 e. The van der Waals surface area contributed by atoms with Gasteiger partial charge < -0.3 is 10.0 Å². The fraction of sp³-hybridized carbons (Fsp3) is 0.857. The normalized spacial score (nSPS) is 32.7. The molecule has 0 radical (unpaired) electrons. The lowest BCUT2D eigenvalue weighted by atomic mass is 9.93. The predicted molar refractivity (Wildman–Crippen MR) is 77.6 cm³/mol. The number of carbonyl (C=O) groups excluding carboxylic acids is 1. The minimum Gasteiger partial charge on any atom is -0.480 e. The predicted octanol–water partition coefficient (Wildman–Crippen LogP) is 2.08. The van der Waals surface area contributed by atoms with Crippen LogP contribution < -0.4 is 0 Å². The zero-order chi connectivity index (χ0) is 14.5. The fourth-order valence-corrected chi connectivity index (χ4v) is 4.77. The molecule has 1 aliphatic carbocycles. The first-order valence-electron chi connectivity index (χ1n) is 7.31. The van der Waals surface area contributed by atoms with Crippen LogP contribution in [0.1, 0.15) is 33.1 Å². The molecule has 2 heterocycles. The van der Waals surface area contributed by atoms with Gasteiger partial charge in [-0.3, -0.25) is 4.90 Å². The zero-order valence-electron chi connectivity index (χ0n) is 12.0. The Kier molecular flexibility index (Phi) is 3.39. The van der Waals surface area contributed by atoms with Crippen LogP contribution in [0.5, 0.6) is 0 Å². The van der Waals surface area contributed by atoms with Crippen molar-refractivity contribution in [2.45, 2.75) is 44.5 Å². The van der Waals surface area contributed by atoms with Gasteiger partial charge in [-0.05, 0) is 30.6 Å². The monoisotopic (exact) mass is 298 g/mol. The van der Waals surface area contributed by atoms with Crippen LogP contribution in [0.4, 0.5) is 4.79 Å². The van der Waals surface area contributed by atoms with Gasteiger partial charge in [0.05, 0.1) is 5.37 Å². The minimum atomic E-state index is -0.868. The number of hydrogen-bond acceptors (Lipinski definition) is 3. The van der Waals surface area contributed by atoms with E-state index in [9.17, 15) is 14.7 Å². The van der Waals surface area contributed by atoms with E-state index in [-0.39, 0.29) is 16.8 Å². The van der Waals surface area contributed by atoms with E-state index in [1.165, 1.54) is 0 Å². The van der Waals surface area contributed by atoms with Crippen molar-refractivity contribution in [2.75, 3.05) is 18.8 Å². The summed E-state index contributed by atoms with van der Waals surface area (Å²) in [6, 6.07) is -0.716. The van der Waals surface area contributed by atoms with Gasteiger partial charge in [-0.1, -0.05) is 13.8 Å². The number of rotatable bonds is 2. The van der Waals surface area contributed by atoms with Crippen molar-refractivity contribution < 1.29 is 14.7 Å². The van der Waals surface area contributed by atoms with E-state index < -0.39 is 12.0 Å². The zero-order valence-corrected chi connectivity index (χ0v) is 12.9. The lowest BCUT2D eigenvalue weighted by Gasteiger charge is -2.32. The molecule has 0 aromatic carbocycles.